The predicted molar refractivity (Wildman–Crippen MR) is 97.4 cm³/mol. The summed E-state index contributed by atoms with van der Waals surface area (Å²) in [6, 6.07) is 11.0. The Bertz CT molecular complexity index is 914. The number of hydrogen-bond acceptors (Lipinski definition) is 8. The van der Waals surface area contributed by atoms with Gasteiger partial charge < -0.3 is 15.2 Å². The van der Waals surface area contributed by atoms with Crippen LogP contribution in [0, 0.1) is 22.7 Å². The van der Waals surface area contributed by atoms with Crippen molar-refractivity contribution in [2.45, 2.75) is 17.2 Å². The number of nitrogen functional groups attached to an aromatic ring is 1. The summed E-state index contributed by atoms with van der Waals surface area (Å²) in [5.41, 5.74) is 7.24. The van der Waals surface area contributed by atoms with Gasteiger partial charge in [-0.2, -0.15) is 10.5 Å². The Labute approximate surface area is 155 Å². The zero-order chi connectivity index (χ0) is 19.3. The number of aromatic nitrogens is 1. The van der Waals surface area contributed by atoms with Gasteiger partial charge in [-0.05, 0) is 24.6 Å². The number of carbonyl (C=O) groups is 1. The van der Waals surface area contributed by atoms with Crippen LogP contribution in [0.25, 0.3) is 11.1 Å². The fourth-order valence-corrected chi connectivity index (χ4v) is 3.26. The lowest BCUT2D eigenvalue weighted by atomic mass is 9.97. The molecule has 1 atom stereocenters. The highest BCUT2D eigenvalue weighted by Crippen LogP contribution is 2.37. The molecule has 1 aromatic heterocycles. The average Bonchev–Trinajstić information content (AvgIpc) is 2.66. The van der Waals surface area contributed by atoms with Crippen LogP contribution in [-0.4, -0.2) is 30.4 Å². The summed E-state index contributed by atoms with van der Waals surface area (Å²) in [5.74, 6) is 0.188. The molecule has 2 rings (SSSR count). The number of rotatable bonds is 5. The smallest absolute Gasteiger partial charge is 0.318 e. The van der Waals surface area contributed by atoms with Crippen molar-refractivity contribution in [2.75, 3.05) is 20.0 Å². The Hall–Kier alpha value is -3.23. The Morgan fingerprint density at radius 1 is 1.19 bits per heavy atom. The van der Waals surface area contributed by atoms with Crippen LogP contribution in [-0.2, 0) is 9.53 Å². The predicted octanol–water partition coefficient (Wildman–Crippen LogP) is 2.74. The van der Waals surface area contributed by atoms with E-state index in [4.69, 9.17) is 15.2 Å². The topological polar surface area (TPSA) is 122 Å². The lowest BCUT2D eigenvalue weighted by molar-refractivity contribution is -0.139. The van der Waals surface area contributed by atoms with Crippen LogP contribution in [0.4, 0.5) is 5.82 Å². The van der Waals surface area contributed by atoms with Gasteiger partial charge in [0.25, 0.3) is 0 Å². The summed E-state index contributed by atoms with van der Waals surface area (Å²) in [7, 11) is 2.83. The molecule has 132 valence electrons. The largest absolute Gasteiger partial charge is 0.497 e. The van der Waals surface area contributed by atoms with E-state index in [1.807, 2.05) is 6.07 Å². The molecule has 0 bridgehead atoms. The molecule has 0 radical (unpaired) electrons. The fraction of sp³-hybridized carbons (Fsp3) is 0.222. The first-order valence-corrected chi connectivity index (χ1v) is 8.37. The van der Waals surface area contributed by atoms with Crippen LogP contribution in [0.15, 0.2) is 29.3 Å². The molecular weight excluding hydrogens is 352 g/mol. The fourth-order valence-electron chi connectivity index (χ4n) is 2.31. The number of ether oxygens (including phenoxy) is 2. The normalized spacial score (nSPS) is 11.1. The van der Waals surface area contributed by atoms with E-state index in [1.54, 1.807) is 38.3 Å². The molecule has 8 heteroatoms. The van der Waals surface area contributed by atoms with E-state index >= 15 is 0 Å². The van der Waals surface area contributed by atoms with Gasteiger partial charge in [-0.3, -0.25) is 4.79 Å². The van der Waals surface area contributed by atoms with Gasteiger partial charge >= 0.3 is 5.97 Å². The first-order valence-electron chi connectivity index (χ1n) is 7.49. The number of nitrogens with zero attached hydrogens (tertiary/aromatic N) is 3. The SMILES string of the molecule is COC(=O)C(C)Sc1nc(N)c(C#N)c(-c2ccc(OC)cc2)c1C#N. The van der Waals surface area contributed by atoms with E-state index in [0.717, 1.165) is 11.8 Å². The zero-order valence-electron chi connectivity index (χ0n) is 14.4. The highest BCUT2D eigenvalue weighted by Gasteiger charge is 2.24. The van der Waals surface area contributed by atoms with Crippen LogP contribution < -0.4 is 10.5 Å². The number of nitrogens with two attached hydrogens (primary N) is 1. The van der Waals surface area contributed by atoms with E-state index in [2.05, 4.69) is 11.1 Å². The van der Waals surface area contributed by atoms with E-state index in [9.17, 15) is 15.3 Å². The first kappa shape index (κ1) is 19.1. The van der Waals surface area contributed by atoms with Crippen molar-refractivity contribution >= 4 is 23.5 Å². The van der Waals surface area contributed by atoms with Gasteiger partial charge in [0.2, 0.25) is 0 Å². The number of thioether (sulfide) groups is 1. The second-order valence-corrected chi connectivity index (χ2v) is 6.49. The van der Waals surface area contributed by atoms with Gasteiger partial charge in [-0.15, -0.1) is 0 Å². The number of nitriles is 2. The Kier molecular flexibility index (Phi) is 6.05. The van der Waals surface area contributed by atoms with Crippen LogP contribution in [0.2, 0.25) is 0 Å². The monoisotopic (exact) mass is 368 g/mol. The van der Waals surface area contributed by atoms with Gasteiger partial charge in [0, 0.05) is 5.56 Å². The molecule has 0 saturated carbocycles. The maximum absolute atomic E-state index is 11.7. The lowest BCUT2D eigenvalue weighted by Crippen LogP contribution is -2.15. The lowest BCUT2D eigenvalue weighted by Gasteiger charge is -2.15. The number of carbonyl (C=O) groups excluding carboxylic acids is 1. The molecule has 26 heavy (non-hydrogen) atoms. The molecule has 1 aromatic carbocycles. The zero-order valence-corrected chi connectivity index (χ0v) is 15.3. The molecule has 1 heterocycles. The number of methoxy groups -OCH3 is 2. The number of anilines is 1. The van der Waals surface area contributed by atoms with E-state index in [-0.39, 0.29) is 22.0 Å². The Balaban J connectivity index is 2.67. The third-order valence-corrected chi connectivity index (χ3v) is 4.68. The third kappa shape index (κ3) is 3.71. The molecule has 0 spiro atoms. The molecule has 0 aliphatic carbocycles. The molecular formula is C18H16N4O3S. The van der Waals surface area contributed by atoms with Crippen molar-refractivity contribution in [3.8, 4) is 29.0 Å². The minimum absolute atomic E-state index is 0.00289. The number of hydrogen-bond donors (Lipinski definition) is 1. The van der Waals surface area contributed by atoms with E-state index in [1.165, 1.54) is 7.11 Å². The molecule has 0 aliphatic rings. The number of esters is 1. The standard InChI is InChI=1S/C18H16N4O3S/c1-10(18(23)25-3)26-17-14(9-20)15(13(8-19)16(21)22-17)11-4-6-12(24-2)7-5-11/h4-7,10H,1-3H3,(H2,21,22). The van der Waals surface area contributed by atoms with Crippen molar-refractivity contribution in [1.29, 1.82) is 10.5 Å². The van der Waals surface area contributed by atoms with E-state index in [0.29, 0.717) is 16.9 Å². The minimum atomic E-state index is -0.587. The van der Waals surface area contributed by atoms with Gasteiger partial charge in [0.05, 0.1) is 19.8 Å². The quantitative estimate of drug-likeness (QED) is 0.631. The number of pyridine rings is 1. The van der Waals surface area contributed by atoms with Gasteiger partial charge in [0.15, 0.2) is 0 Å². The van der Waals surface area contributed by atoms with Crippen molar-refractivity contribution in [1.82, 2.24) is 4.98 Å². The highest BCUT2D eigenvalue weighted by atomic mass is 32.2. The maximum Gasteiger partial charge on any atom is 0.318 e. The second-order valence-electron chi connectivity index (χ2n) is 5.16. The maximum atomic E-state index is 11.7. The summed E-state index contributed by atoms with van der Waals surface area (Å²) in [5, 5.41) is 18.9. The van der Waals surface area contributed by atoms with Crippen LogP contribution in [0.3, 0.4) is 0 Å². The van der Waals surface area contributed by atoms with Crippen LogP contribution >= 0.6 is 11.8 Å². The summed E-state index contributed by atoms with van der Waals surface area (Å²) in [6.45, 7) is 1.64. The highest BCUT2D eigenvalue weighted by molar-refractivity contribution is 8.00. The summed E-state index contributed by atoms with van der Waals surface area (Å²) >= 11 is 1.06. The summed E-state index contributed by atoms with van der Waals surface area (Å²) < 4.78 is 9.84. The molecule has 2 aromatic rings. The first-order chi connectivity index (χ1) is 12.5. The Morgan fingerprint density at radius 2 is 1.81 bits per heavy atom. The minimum Gasteiger partial charge on any atom is -0.497 e. The second kappa shape index (κ2) is 8.24. The molecule has 2 N–H and O–H groups in total. The van der Waals surface area contributed by atoms with E-state index < -0.39 is 11.2 Å². The molecule has 1 unspecified atom stereocenters. The molecule has 7 nitrogen and oxygen atoms in total. The van der Waals surface area contributed by atoms with Crippen LogP contribution in [0.1, 0.15) is 18.1 Å². The van der Waals surface area contributed by atoms with Crippen LogP contribution in [0.5, 0.6) is 5.75 Å². The molecule has 0 amide bonds. The van der Waals surface area contributed by atoms with Gasteiger partial charge in [-0.1, -0.05) is 23.9 Å². The van der Waals surface area contributed by atoms with Crippen molar-refractivity contribution < 1.29 is 14.3 Å². The van der Waals surface area contributed by atoms with Crippen molar-refractivity contribution in [2.24, 2.45) is 0 Å². The number of benzene rings is 1. The third-order valence-electron chi connectivity index (χ3n) is 3.62. The molecule has 0 fully saturated rings. The van der Waals surface area contributed by atoms with Crippen molar-refractivity contribution in [3.63, 3.8) is 0 Å². The van der Waals surface area contributed by atoms with Crippen molar-refractivity contribution in [3.05, 3.63) is 35.4 Å². The van der Waals surface area contributed by atoms with Gasteiger partial charge in [-0.25, -0.2) is 4.98 Å². The molecule has 0 aliphatic heterocycles. The van der Waals surface area contributed by atoms with Gasteiger partial charge in [0.1, 0.15) is 39.5 Å². The average molecular weight is 368 g/mol. The molecule has 0 saturated heterocycles. The summed E-state index contributed by atoms with van der Waals surface area (Å²) in [6.07, 6.45) is 0. The Morgan fingerprint density at radius 3 is 2.31 bits per heavy atom. The summed E-state index contributed by atoms with van der Waals surface area (Å²) in [4.78, 5) is 15.9.